The molecule has 2 rings (SSSR count). The third kappa shape index (κ3) is 2.77. The molecule has 1 aliphatic heterocycles. The fraction of sp³-hybridized carbons (Fsp3) is 0.500. The van der Waals surface area contributed by atoms with Gasteiger partial charge in [0.1, 0.15) is 0 Å². The van der Waals surface area contributed by atoms with Crippen molar-refractivity contribution in [2.45, 2.75) is 19.0 Å². The third-order valence-electron chi connectivity index (χ3n) is 3.15. The van der Waals surface area contributed by atoms with Gasteiger partial charge in [-0.25, -0.2) is 0 Å². The number of hydrogen-bond acceptors (Lipinski definition) is 5. The number of likely N-dealkylation sites (tertiary alicyclic amines) is 1. The molecule has 0 aliphatic carbocycles. The molecule has 18 heavy (non-hydrogen) atoms. The lowest BCUT2D eigenvalue weighted by molar-refractivity contribution is -0.385. The van der Waals surface area contributed by atoms with Crippen LogP contribution in [0.3, 0.4) is 0 Å². The summed E-state index contributed by atoms with van der Waals surface area (Å²) in [5.74, 6) is 0.293. The van der Waals surface area contributed by atoms with Crippen LogP contribution in [0.5, 0.6) is 5.75 Å². The fourth-order valence-electron chi connectivity index (χ4n) is 2.24. The predicted molar refractivity (Wildman–Crippen MR) is 67.5 cm³/mol. The molecular weight excluding hydrogens is 234 g/mol. The summed E-state index contributed by atoms with van der Waals surface area (Å²) in [6.07, 6.45) is 0.984. The summed E-state index contributed by atoms with van der Waals surface area (Å²) in [6, 6.07) is 5.29. The minimum atomic E-state index is -0.419. The lowest BCUT2D eigenvalue weighted by Crippen LogP contribution is -2.26. The Balaban J connectivity index is 2.14. The van der Waals surface area contributed by atoms with Crippen molar-refractivity contribution in [2.75, 3.05) is 20.2 Å². The normalized spacial score (nSPS) is 20.0. The van der Waals surface area contributed by atoms with Gasteiger partial charge in [0, 0.05) is 31.7 Å². The molecule has 1 fully saturated rings. The fourth-order valence-corrected chi connectivity index (χ4v) is 2.24. The molecule has 0 unspecified atom stereocenters. The topological polar surface area (TPSA) is 81.6 Å². The summed E-state index contributed by atoms with van der Waals surface area (Å²) < 4.78 is 4.97. The molecule has 0 amide bonds. The van der Waals surface area contributed by atoms with E-state index in [1.165, 1.54) is 7.11 Å². The van der Waals surface area contributed by atoms with Crippen molar-refractivity contribution < 1.29 is 9.66 Å². The van der Waals surface area contributed by atoms with E-state index in [-0.39, 0.29) is 11.7 Å². The van der Waals surface area contributed by atoms with E-state index in [1.54, 1.807) is 12.1 Å². The van der Waals surface area contributed by atoms with Gasteiger partial charge in [0.2, 0.25) is 0 Å². The zero-order chi connectivity index (χ0) is 13.1. The first kappa shape index (κ1) is 12.8. The van der Waals surface area contributed by atoms with Crippen LogP contribution in [0, 0.1) is 10.1 Å². The molecule has 1 aromatic carbocycles. The van der Waals surface area contributed by atoms with Crippen LogP contribution in [0.4, 0.5) is 5.69 Å². The zero-order valence-corrected chi connectivity index (χ0v) is 10.3. The van der Waals surface area contributed by atoms with Crippen molar-refractivity contribution in [3.63, 3.8) is 0 Å². The molecule has 1 heterocycles. The Morgan fingerprint density at radius 3 is 2.94 bits per heavy atom. The Hall–Kier alpha value is -1.66. The highest BCUT2D eigenvalue weighted by Gasteiger charge is 2.21. The second-order valence-corrected chi connectivity index (χ2v) is 4.55. The standard InChI is InChI=1S/C12H17N3O3/c1-18-12-3-2-9(6-11(12)15(16)17)7-14-5-4-10(13)8-14/h2-3,6,10H,4-5,7-8,13H2,1H3/t10-/m0/s1. The first-order chi connectivity index (χ1) is 8.60. The van der Waals surface area contributed by atoms with Gasteiger partial charge in [0.25, 0.3) is 0 Å². The van der Waals surface area contributed by atoms with Crippen LogP contribution >= 0.6 is 0 Å². The highest BCUT2D eigenvalue weighted by molar-refractivity contribution is 5.48. The first-order valence-corrected chi connectivity index (χ1v) is 5.89. The van der Waals surface area contributed by atoms with E-state index in [4.69, 9.17) is 10.5 Å². The Labute approximate surface area is 105 Å². The van der Waals surface area contributed by atoms with Gasteiger partial charge in [0.15, 0.2) is 5.75 Å². The van der Waals surface area contributed by atoms with Gasteiger partial charge >= 0.3 is 5.69 Å². The second kappa shape index (κ2) is 5.32. The van der Waals surface area contributed by atoms with E-state index in [9.17, 15) is 10.1 Å². The van der Waals surface area contributed by atoms with Crippen molar-refractivity contribution in [1.82, 2.24) is 4.90 Å². The SMILES string of the molecule is COc1ccc(CN2CC[C@H](N)C2)cc1[N+](=O)[O-]. The largest absolute Gasteiger partial charge is 0.490 e. The van der Waals surface area contributed by atoms with Crippen molar-refractivity contribution in [2.24, 2.45) is 5.73 Å². The Morgan fingerprint density at radius 1 is 1.61 bits per heavy atom. The Morgan fingerprint density at radius 2 is 2.39 bits per heavy atom. The monoisotopic (exact) mass is 251 g/mol. The number of ether oxygens (including phenoxy) is 1. The maximum absolute atomic E-state index is 10.9. The van der Waals surface area contributed by atoms with Crippen molar-refractivity contribution in [3.8, 4) is 5.75 Å². The maximum Gasteiger partial charge on any atom is 0.311 e. The number of rotatable bonds is 4. The average molecular weight is 251 g/mol. The van der Waals surface area contributed by atoms with E-state index in [1.807, 2.05) is 6.07 Å². The van der Waals surface area contributed by atoms with E-state index >= 15 is 0 Å². The van der Waals surface area contributed by atoms with Gasteiger partial charge < -0.3 is 10.5 Å². The van der Waals surface area contributed by atoms with Gasteiger partial charge in [0.05, 0.1) is 12.0 Å². The average Bonchev–Trinajstić information content (AvgIpc) is 2.74. The van der Waals surface area contributed by atoms with Crippen LogP contribution in [0.15, 0.2) is 18.2 Å². The number of nitro groups is 1. The van der Waals surface area contributed by atoms with Crippen LogP contribution in [-0.2, 0) is 6.54 Å². The van der Waals surface area contributed by atoms with Crippen LogP contribution < -0.4 is 10.5 Å². The molecule has 2 N–H and O–H groups in total. The molecule has 0 radical (unpaired) electrons. The van der Waals surface area contributed by atoms with E-state index < -0.39 is 4.92 Å². The molecule has 6 heteroatoms. The quantitative estimate of drug-likeness (QED) is 0.641. The molecule has 0 spiro atoms. The number of nitro benzene ring substituents is 1. The highest BCUT2D eigenvalue weighted by atomic mass is 16.6. The molecule has 98 valence electrons. The summed E-state index contributed by atoms with van der Waals surface area (Å²) in [5, 5.41) is 10.9. The van der Waals surface area contributed by atoms with E-state index in [2.05, 4.69) is 4.90 Å². The zero-order valence-electron chi connectivity index (χ0n) is 10.3. The summed E-state index contributed by atoms with van der Waals surface area (Å²) in [5.41, 5.74) is 6.76. The van der Waals surface area contributed by atoms with Crippen LogP contribution in [-0.4, -0.2) is 36.1 Å². The molecule has 6 nitrogen and oxygen atoms in total. The molecular formula is C12H17N3O3. The summed E-state index contributed by atoms with van der Waals surface area (Å²) >= 11 is 0. The Bertz CT molecular complexity index is 450. The van der Waals surface area contributed by atoms with Gasteiger partial charge in [-0.2, -0.15) is 0 Å². The molecule has 1 aliphatic rings. The maximum atomic E-state index is 10.9. The number of nitrogens with two attached hydrogens (primary N) is 1. The van der Waals surface area contributed by atoms with Gasteiger partial charge in [-0.15, -0.1) is 0 Å². The van der Waals surface area contributed by atoms with Crippen LogP contribution in [0.1, 0.15) is 12.0 Å². The molecule has 1 aromatic rings. The van der Waals surface area contributed by atoms with E-state index in [0.29, 0.717) is 12.3 Å². The summed E-state index contributed by atoms with van der Waals surface area (Å²) in [6.45, 7) is 2.49. The molecule has 1 saturated heterocycles. The number of hydrogen-bond donors (Lipinski definition) is 1. The second-order valence-electron chi connectivity index (χ2n) is 4.55. The minimum Gasteiger partial charge on any atom is -0.490 e. The van der Waals surface area contributed by atoms with Gasteiger partial charge in [-0.1, -0.05) is 6.07 Å². The Kier molecular flexibility index (Phi) is 3.78. The summed E-state index contributed by atoms with van der Waals surface area (Å²) in [7, 11) is 1.43. The minimum absolute atomic E-state index is 0.0125. The van der Waals surface area contributed by atoms with Crippen molar-refractivity contribution in [3.05, 3.63) is 33.9 Å². The number of methoxy groups -OCH3 is 1. The number of benzene rings is 1. The van der Waals surface area contributed by atoms with Gasteiger partial charge in [-0.05, 0) is 18.1 Å². The molecule has 1 atom stereocenters. The van der Waals surface area contributed by atoms with Crippen LogP contribution in [0.25, 0.3) is 0 Å². The first-order valence-electron chi connectivity index (χ1n) is 5.89. The van der Waals surface area contributed by atoms with Gasteiger partial charge in [-0.3, -0.25) is 15.0 Å². The predicted octanol–water partition coefficient (Wildman–Crippen LogP) is 1.14. The highest BCUT2D eigenvalue weighted by Crippen LogP contribution is 2.28. The number of nitrogens with zero attached hydrogens (tertiary/aromatic N) is 2. The molecule has 0 bridgehead atoms. The molecule has 0 aromatic heterocycles. The lowest BCUT2D eigenvalue weighted by atomic mass is 10.2. The third-order valence-corrected chi connectivity index (χ3v) is 3.15. The van der Waals surface area contributed by atoms with E-state index in [0.717, 1.165) is 25.1 Å². The lowest BCUT2D eigenvalue weighted by Gasteiger charge is -2.15. The summed E-state index contributed by atoms with van der Waals surface area (Å²) in [4.78, 5) is 12.7. The smallest absolute Gasteiger partial charge is 0.311 e. The van der Waals surface area contributed by atoms with Crippen molar-refractivity contribution >= 4 is 5.69 Å². The van der Waals surface area contributed by atoms with Crippen LogP contribution in [0.2, 0.25) is 0 Å². The van der Waals surface area contributed by atoms with Crippen molar-refractivity contribution in [1.29, 1.82) is 0 Å². The molecule has 0 saturated carbocycles.